The Balaban J connectivity index is 4.11. The summed E-state index contributed by atoms with van der Waals surface area (Å²) in [7, 11) is 0. The van der Waals surface area contributed by atoms with E-state index < -0.39 is 11.9 Å². The number of carbonyl (C=O) groups is 1. The zero-order valence-corrected chi connectivity index (χ0v) is 6.41. The number of hydrogen-bond donors (Lipinski definition) is 1. The second kappa shape index (κ2) is 2.85. The molecule has 54 valence electrons. The van der Waals surface area contributed by atoms with Crippen LogP contribution in [0.15, 0.2) is 0 Å². The summed E-state index contributed by atoms with van der Waals surface area (Å²) < 4.78 is 14.2. The molecule has 0 spiro atoms. The molecule has 0 aromatic carbocycles. The first-order valence-electron chi connectivity index (χ1n) is 3.95. The third kappa shape index (κ3) is 3.12. The minimum Gasteiger partial charge on any atom is -0.356 e. The summed E-state index contributed by atoms with van der Waals surface area (Å²) in [6.07, 6.45) is 0. The van der Waals surface area contributed by atoms with E-state index in [1.54, 1.807) is 20.8 Å². The van der Waals surface area contributed by atoms with Crippen molar-refractivity contribution in [3.05, 3.63) is 0 Å². The fourth-order valence-electron chi connectivity index (χ4n) is 0.301. The lowest BCUT2D eigenvalue weighted by Crippen LogP contribution is -2.34. The molecule has 0 aliphatic heterocycles. The minimum absolute atomic E-state index is 0.273. The highest BCUT2D eigenvalue weighted by Crippen LogP contribution is 2.11. The van der Waals surface area contributed by atoms with Gasteiger partial charge in [0.2, 0.25) is 5.91 Å². The molecule has 9 heavy (non-hydrogen) atoms. The standard InChI is InChI=1S/C7H15NO/c1-5-8-6(9)7(2,3)4/h5H2,1-4H3,(H,8,9)/i5D2. The zero-order chi connectivity index (χ0) is 9.28. The van der Waals surface area contributed by atoms with Gasteiger partial charge in [0.05, 0.1) is 0 Å². The van der Waals surface area contributed by atoms with Crippen LogP contribution in [0.25, 0.3) is 0 Å². The summed E-state index contributed by atoms with van der Waals surface area (Å²) in [5.41, 5.74) is -0.524. The summed E-state index contributed by atoms with van der Waals surface area (Å²) in [6, 6.07) is 0. The Bertz CT molecular complexity index is 155. The second-order valence-electron chi connectivity index (χ2n) is 2.95. The first kappa shape index (κ1) is 5.27. The third-order valence-electron chi connectivity index (χ3n) is 0.920. The van der Waals surface area contributed by atoms with E-state index in [-0.39, 0.29) is 5.91 Å². The maximum atomic E-state index is 11.1. The van der Waals surface area contributed by atoms with Crippen LogP contribution in [0.4, 0.5) is 0 Å². The predicted octanol–water partition coefficient (Wildman–Crippen LogP) is 1.17. The largest absolute Gasteiger partial charge is 0.356 e. The predicted molar refractivity (Wildman–Crippen MR) is 38.1 cm³/mol. The van der Waals surface area contributed by atoms with Gasteiger partial charge in [0, 0.05) is 14.7 Å². The van der Waals surface area contributed by atoms with Crippen LogP contribution < -0.4 is 5.32 Å². The van der Waals surface area contributed by atoms with Crippen LogP contribution in [0.2, 0.25) is 0 Å². The fraction of sp³-hybridized carbons (Fsp3) is 0.857. The third-order valence-corrected chi connectivity index (χ3v) is 0.920. The molecule has 0 radical (unpaired) electrons. The quantitative estimate of drug-likeness (QED) is 0.568. The van der Waals surface area contributed by atoms with E-state index in [1.165, 1.54) is 6.92 Å². The molecule has 0 heterocycles. The van der Waals surface area contributed by atoms with Gasteiger partial charge in [-0.05, 0) is 6.92 Å². The lowest BCUT2D eigenvalue weighted by molar-refractivity contribution is -0.128. The van der Waals surface area contributed by atoms with Gasteiger partial charge in [-0.15, -0.1) is 0 Å². The van der Waals surface area contributed by atoms with Crippen molar-refractivity contribution in [1.82, 2.24) is 5.32 Å². The van der Waals surface area contributed by atoms with Gasteiger partial charge in [-0.1, -0.05) is 20.8 Å². The van der Waals surface area contributed by atoms with Gasteiger partial charge in [-0.25, -0.2) is 0 Å². The summed E-state index contributed by atoms with van der Waals surface area (Å²) in [6.45, 7) is 4.93. The van der Waals surface area contributed by atoms with E-state index in [1.807, 2.05) is 0 Å². The SMILES string of the molecule is [2H]C([2H])(C)NC(=O)C(C)(C)C. The second-order valence-corrected chi connectivity index (χ2v) is 2.95. The number of amides is 1. The van der Waals surface area contributed by atoms with Crippen LogP contribution in [0, 0.1) is 5.41 Å². The van der Waals surface area contributed by atoms with Crippen molar-refractivity contribution >= 4 is 5.91 Å². The van der Waals surface area contributed by atoms with Crippen LogP contribution >= 0.6 is 0 Å². The number of nitrogens with one attached hydrogen (secondary N) is 1. The van der Waals surface area contributed by atoms with E-state index in [9.17, 15) is 4.79 Å². The molecule has 0 bridgehead atoms. The molecule has 0 unspecified atom stereocenters. The van der Waals surface area contributed by atoms with Crippen LogP contribution in [-0.4, -0.2) is 12.4 Å². The maximum Gasteiger partial charge on any atom is 0.225 e. The molecule has 1 N–H and O–H groups in total. The molecule has 2 heteroatoms. The smallest absolute Gasteiger partial charge is 0.225 e. The summed E-state index contributed by atoms with van der Waals surface area (Å²) in [5, 5.41) is 2.25. The van der Waals surface area contributed by atoms with Gasteiger partial charge in [-0.2, -0.15) is 0 Å². The molecule has 0 aromatic rings. The van der Waals surface area contributed by atoms with Gasteiger partial charge < -0.3 is 5.32 Å². The Kier molecular flexibility index (Phi) is 1.67. The van der Waals surface area contributed by atoms with Crippen molar-refractivity contribution in [3.63, 3.8) is 0 Å². The molecule has 0 saturated heterocycles. The molecule has 0 aliphatic carbocycles. The van der Waals surface area contributed by atoms with Crippen molar-refractivity contribution in [2.75, 3.05) is 6.50 Å². The van der Waals surface area contributed by atoms with E-state index in [0.717, 1.165) is 0 Å². The highest BCUT2D eigenvalue weighted by molar-refractivity contribution is 5.81. The van der Waals surface area contributed by atoms with Crippen LogP contribution in [0.1, 0.15) is 30.4 Å². The lowest BCUT2D eigenvalue weighted by Gasteiger charge is -2.16. The average molecular weight is 131 g/mol. The fourth-order valence-corrected chi connectivity index (χ4v) is 0.301. The molecule has 0 saturated carbocycles. The Morgan fingerprint density at radius 1 is 1.67 bits per heavy atom. The topological polar surface area (TPSA) is 29.1 Å². The van der Waals surface area contributed by atoms with Gasteiger partial charge in [0.15, 0.2) is 0 Å². The summed E-state index contributed by atoms with van der Waals surface area (Å²) in [4.78, 5) is 11.1. The van der Waals surface area contributed by atoms with Gasteiger partial charge in [-0.3, -0.25) is 4.79 Å². The number of carbonyl (C=O) groups excluding carboxylic acids is 1. The van der Waals surface area contributed by atoms with E-state index in [4.69, 9.17) is 2.74 Å². The monoisotopic (exact) mass is 131 g/mol. The Morgan fingerprint density at radius 2 is 2.11 bits per heavy atom. The molecule has 0 fully saturated rings. The van der Waals surface area contributed by atoms with Gasteiger partial charge >= 0.3 is 0 Å². The maximum absolute atomic E-state index is 11.1. The molecule has 0 atom stereocenters. The number of hydrogen-bond acceptors (Lipinski definition) is 1. The van der Waals surface area contributed by atoms with E-state index in [0.29, 0.717) is 0 Å². The van der Waals surface area contributed by atoms with Crippen LogP contribution in [-0.2, 0) is 4.79 Å². The Morgan fingerprint density at radius 3 is 2.22 bits per heavy atom. The van der Waals surface area contributed by atoms with Crippen molar-refractivity contribution < 1.29 is 7.54 Å². The van der Waals surface area contributed by atoms with Crippen LogP contribution in [0.3, 0.4) is 0 Å². The van der Waals surface area contributed by atoms with E-state index >= 15 is 0 Å². The van der Waals surface area contributed by atoms with Crippen molar-refractivity contribution in [2.24, 2.45) is 5.41 Å². The first-order valence-corrected chi connectivity index (χ1v) is 2.95. The highest BCUT2D eigenvalue weighted by atomic mass is 16.2. The molecule has 0 aromatic heterocycles. The Labute approximate surface area is 59.5 Å². The molecule has 1 amide bonds. The molecular formula is C7H15NO. The summed E-state index contributed by atoms with van der Waals surface area (Å²) in [5.74, 6) is -0.273. The normalized spacial score (nSPS) is 16.0. The Hall–Kier alpha value is -0.530. The van der Waals surface area contributed by atoms with E-state index in [2.05, 4.69) is 5.32 Å². The van der Waals surface area contributed by atoms with Gasteiger partial charge in [0.25, 0.3) is 0 Å². The first-order chi connectivity index (χ1) is 4.63. The van der Waals surface area contributed by atoms with Gasteiger partial charge in [0.1, 0.15) is 0 Å². The van der Waals surface area contributed by atoms with Crippen molar-refractivity contribution in [1.29, 1.82) is 0 Å². The summed E-state index contributed by atoms with van der Waals surface area (Å²) >= 11 is 0. The average Bonchev–Trinajstić information content (AvgIpc) is 1.56. The molecular weight excluding hydrogens is 114 g/mol. The van der Waals surface area contributed by atoms with Crippen LogP contribution in [0.5, 0.6) is 0 Å². The minimum atomic E-state index is -1.62. The van der Waals surface area contributed by atoms with Crippen molar-refractivity contribution in [3.8, 4) is 0 Å². The highest BCUT2D eigenvalue weighted by Gasteiger charge is 2.19. The van der Waals surface area contributed by atoms with Crippen molar-refractivity contribution in [2.45, 2.75) is 27.7 Å². The molecule has 2 nitrogen and oxygen atoms in total. The molecule has 0 aliphatic rings. The zero-order valence-electron chi connectivity index (χ0n) is 8.41. The number of rotatable bonds is 1. The molecule has 0 rings (SSSR count). The lowest BCUT2D eigenvalue weighted by atomic mass is 9.96.